The molecule has 1 N–H and O–H groups in total. The van der Waals surface area contributed by atoms with Gasteiger partial charge >= 0.3 is 0 Å². The van der Waals surface area contributed by atoms with E-state index < -0.39 is 0 Å². The first kappa shape index (κ1) is 14.3. The normalized spacial score (nSPS) is 37.3. The summed E-state index contributed by atoms with van der Waals surface area (Å²) >= 11 is 0. The Balaban J connectivity index is 1.92. The molecule has 1 aliphatic heterocycles. The second kappa shape index (κ2) is 6.38. The molecule has 18 heavy (non-hydrogen) atoms. The van der Waals surface area contributed by atoms with Crippen LogP contribution in [-0.2, 0) is 4.74 Å². The molecule has 0 bridgehead atoms. The topological polar surface area (TPSA) is 21.3 Å². The summed E-state index contributed by atoms with van der Waals surface area (Å²) < 4.78 is 6.26. The third-order valence-corrected chi connectivity index (χ3v) is 4.96. The second-order valence-corrected chi connectivity index (χ2v) is 6.78. The molecule has 1 saturated carbocycles. The highest BCUT2D eigenvalue weighted by molar-refractivity contribution is 4.94. The molecule has 106 valence electrons. The van der Waals surface area contributed by atoms with Crippen molar-refractivity contribution in [3.8, 4) is 0 Å². The van der Waals surface area contributed by atoms with Crippen molar-refractivity contribution in [1.29, 1.82) is 0 Å². The number of ether oxygens (including phenoxy) is 1. The van der Waals surface area contributed by atoms with Crippen LogP contribution in [-0.4, -0.2) is 24.8 Å². The molecular formula is C16H31NO. The summed E-state index contributed by atoms with van der Waals surface area (Å²) in [6.07, 6.45) is 9.05. The molecule has 2 nitrogen and oxygen atoms in total. The Morgan fingerprint density at radius 1 is 1.28 bits per heavy atom. The van der Waals surface area contributed by atoms with Gasteiger partial charge < -0.3 is 10.1 Å². The summed E-state index contributed by atoms with van der Waals surface area (Å²) in [5.41, 5.74) is 0.219. The van der Waals surface area contributed by atoms with Gasteiger partial charge in [-0.3, -0.25) is 0 Å². The Kier molecular flexibility index (Phi) is 5.08. The smallest absolute Gasteiger partial charge is 0.0700 e. The van der Waals surface area contributed by atoms with E-state index in [1.807, 2.05) is 0 Å². The SMILES string of the molecule is CCCNC1CCOC2(CCCC(C(C)C)C2)C1. The molecule has 1 saturated heterocycles. The zero-order valence-electron chi connectivity index (χ0n) is 12.5. The summed E-state index contributed by atoms with van der Waals surface area (Å²) in [6, 6.07) is 0.699. The minimum absolute atomic E-state index is 0.219. The van der Waals surface area contributed by atoms with E-state index in [0.717, 1.165) is 25.0 Å². The first-order valence-corrected chi connectivity index (χ1v) is 8.02. The molecule has 2 aliphatic rings. The van der Waals surface area contributed by atoms with Gasteiger partial charge in [0.1, 0.15) is 0 Å². The summed E-state index contributed by atoms with van der Waals surface area (Å²) in [5.74, 6) is 1.69. The summed E-state index contributed by atoms with van der Waals surface area (Å²) in [7, 11) is 0. The average Bonchev–Trinajstić information content (AvgIpc) is 2.36. The lowest BCUT2D eigenvalue weighted by Gasteiger charge is -2.47. The summed E-state index contributed by atoms with van der Waals surface area (Å²) in [5, 5.41) is 3.71. The van der Waals surface area contributed by atoms with Gasteiger partial charge in [0, 0.05) is 12.6 Å². The van der Waals surface area contributed by atoms with E-state index in [1.165, 1.54) is 44.9 Å². The van der Waals surface area contributed by atoms with Crippen LogP contribution in [0.25, 0.3) is 0 Å². The van der Waals surface area contributed by atoms with Crippen LogP contribution in [0, 0.1) is 11.8 Å². The largest absolute Gasteiger partial charge is 0.375 e. The second-order valence-electron chi connectivity index (χ2n) is 6.78. The molecule has 0 aromatic rings. The van der Waals surface area contributed by atoms with Crippen LogP contribution in [0.5, 0.6) is 0 Å². The van der Waals surface area contributed by atoms with Crippen molar-refractivity contribution in [2.24, 2.45) is 11.8 Å². The molecule has 1 aliphatic carbocycles. The Bertz CT molecular complexity index is 249. The standard InChI is InChI=1S/C16H31NO/c1-4-9-17-15-7-10-18-16(12-15)8-5-6-14(11-16)13(2)3/h13-15,17H,4-12H2,1-3H3. The van der Waals surface area contributed by atoms with Gasteiger partial charge in [-0.1, -0.05) is 27.2 Å². The van der Waals surface area contributed by atoms with E-state index in [-0.39, 0.29) is 5.60 Å². The van der Waals surface area contributed by atoms with Gasteiger partial charge in [0.2, 0.25) is 0 Å². The van der Waals surface area contributed by atoms with Crippen LogP contribution in [0.1, 0.15) is 65.7 Å². The number of hydrogen-bond donors (Lipinski definition) is 1. The van der Waals surface area contributed by atoms with Crippen LogP contribution in [0.15, 0.2) is 0 Å². The van der Waals surface area contributed by atoms with E-state index in [9.17, 15) is 0 Å². The summed E-state index contributed by atoms with van der Waals surface area (Å²) in [6.45, 7) is 9.12. The molecule has 3 atom stereocenters. The van der Waals surface area contributed by atoms with Crippen molar-refractivity contribution in [2.45, 2.75) is 77.4 Å². The van der Waals surface area contributed by atoms with Gasteiger partial charge in [-0.05, 0) is 56.9 Å². The molecule has 0 amide bonds. The molecule has 3 unspecified atom stereocenters. The van der Waals surface area contributed by atoms with Crippen molar-refractivity contribution in [2.75, 3.05) is 13.2 Å². The Hall–Kier alpha value is -0.0800. The van der Waals surface area contributed by atoms with Gasteiger partial charge in [-0.2, -0.15) is 0 Å². The predicted octanol–water partition coefficient (Wildman–Crippen LogP) is 3.75. The lowest BCUT2D eigenvalue weighted by atomic mass is 9.70. The van der Waals surface area contributed by atoms with E-state index in [4.69, 9.17) is 4.74 Å². The first-order valence-electron chi connectivity index (χ1n) is 8.02. The molecule has 0 radical (unpaired) electrons. The fourth-order valence-electron chi connectivity index (χ4n) is 3.80. The van der Waals surface area contributed by atoms with E-state index in [2.05, 4.69) is 26.1 Å². The van der Waals surface area contributed by atoms with Crippen LogP contribution in [0.4, 0.5) is 0 Å². The average molecular weight is 253 g/mol. The maximum Gasteiger partial charge on any atom is 0.0700 e. The maximum absolute atomic E-state index is 6.26. The van der Waals surface area contributed by atoms with E-state index >= 15 is 0 Å². The van der Waals surface area contributed by atoms with Crippen LogP contribution in [0.3, 0.4) is 0 Å². The monoisotopic (exact) mass is 253 g/mol. The van der Waals surface area contributed by atoms with Gasteiger partial charge in [0.25, 0.3) is 0 Å². The van der Waals surface area contributed by atoms with E-state index in [1.54, 1.807) is 0 Å². The maximum atomic E-state index is 6.26. The van der Waals surface area contributed by atoms with Crippen molar-refractivity contribution >= 4 is 0 Å². The Morgan fingerprint density at radius 2 is 2.11 bits per heavy atom. The fraction of sp³-hybridized carbons (Fsp3) is 1.00. The molecule has 0 aromatic heterocycles. The Labute approximate surface area is 113 Å². The molecule has 2 fully saturated rings. The minimum atomic E-state index is 0.219. The predicted molar refractivity (Wildman–Crippen MR) is 76.8 cm³/mol. The lowest BCUT2D eigenvalue weighted by Crippen LogP contribution is -2.50. The highest BCUT2D eigenvalue weighted by Gasteiger charge is 2.41. The fourth-order valence-corrected chi connectivity index (χ4v) is 3.80. The highest BCUT2D eigenvalue weighted by Crippen LogP contribution is 2.43. The third-order valence-electron chi connectivity index (χ3n) is 4.96. The Morgan fingerprint density at radius 3 is 2.83 bits per heavy atom. The molecule has 0 aromatic carbocycles. The number of hydrogen-bond acceptors (Lipinski definition) is 2. The van der Waals surface area contributed by atoms with Crippen LogP contribution in [0.2, 0.25) is 0 Å². The number of nitrogens with one attached hydrogen (secondary N) is 1. The van der Waals surface area contributed by atoms with Crippen LogP contribution >= 0.6 is 0 Å². The van der Waals surface area contributed by atoms with E-state index in [0.29, 0.717) is 6.04 Å². The lowest BCUT2D eigenvalue weighted by molar-refractivity contribution is -0.123. The number of rotatable bonds is 4. The molecule has 1 spiro atoms. The molecule has 2 heteroatoms. The van der Waals surface area contributed by atoms with Gasteiger partial charge in [-0.25, -0.2) is 0 Å². The quantitative estimate of drug-likeness (QED) is 0.824. The molecule has 1 heterocycles. The van der Waals surface area contributed by atoms with Crippen molar-refractivity contribution in [3.05, 3.63) is 0 Å². The van der Waals surface area contributed by atoms with Gasteiger partial charge in [0.05, 0.1) is 5.60 Å². The zero-order valence-corrected chi connectivity index (χ0v) is 12.5. The van der Waals surface area contributed by atoms with Crippen molar-refractivity contribution in [3.63, 3.8) is 0 Å². The minimum Gasteiger partial charge on any atom is -0.375 e. The van der Waals surface area contributed by atoms with Crippen LogP contribution < -0.4 is 5.32 Å². The summed E-state index contributed by atoms with van der Waals surface area (Å²) in [4.78, 5) is 0. The van der Waals surface area contributed by atoms with Gasteiger partial charge in [-0.15, -0.1) is 0 Å². The van der Waals surface area contributed by atoms with Crippen molar-refractivity contribution in [1.82, 2.24) is 5.32 Å². The molecular weight excluding hydrogens is 222 g/mol. The molecule has 2 rings (SSSR count). The van der Waals surface area contributed by atoms with Gasteiger partial charge in [0.15, 0.2) is 0 Å². The first-order chi connectivity index (χ1) is 8.65. The van der Waals surface area contributed by atoms with Crippen molar-refractivity contribution < 1.29 is 4.74 Å². The highest BCUT2D eigenvalue weighted by atomic mass is 16.5. The zero-order chi connectivity index (χ0) is 13.0. The third kappa shape index (κ3) is 3.48.